The normalized spacial score (nSPS) is 11.7. The van der Waals surface area contributed by atoms with Crippen LogP contribution in [0.2, 0.25) is 0 Å². The lowest BCUT2D eigenvalue weighted by Crippen LogP contribution is -2.18. The van der Waals surface area contributed by atoms with E-state index in [1.54, 1.807) is 0 Å². The van der Waals surface area contributed by atoms with E-state index in [4.69, 9.17) is 4.42 Å². The summed E-state index contributed by atoms with van der Waals surface area (Å²) in [6.07, 6.45) is 0. The molecule has 0 unspecified atom stereocenters. The van der Waals surface area contributed by atoms with Gasteiger partial charge in [-0.2, -0.15) is 0 Å². The van der Waals surface area contributed by atoms with Gasteiger partial charge >= 0.3 is 0 Å². The van der Waals surface area contributed by atoms with Gasteiger partial charge in [0, 0.05) is 5.39 Å². The van der Waals surface area contributed by atoms with Crippen molar-refractivity contribution in [3.05, 3.63) is 34.6 Å². The van der Waals surface area contributed by atoms with Crippen molar-refractivity contribution in [2.75, 3.05) is 6.54 Å². The number of rotatable bonds is 4. The van der Waals surface area contributed by atoms with Gasteiger partial charge < -0.3 is 9.73 Å². The maximum atomic E-state index is 6.03. The monoisotopic (exact) mass is 245 g/mol. The van der Waals surface area contributed by atoms with E-state index >= 15 is 0 Å². The van der Waals surface area contributed by atoms with Crippen LogP contribution in [0.1, 0.15) is 36.3 Å². The van der Waals surface area contributed by atoms with Gasteiger partial charge in [0.2, 0.25) is 0 Å². The molecule has 1 aromatic carbocycles. The second-order valence-electron chi connectivity index (χ2n) is 5.56. The van der Waals surface area contributed by atoms with Crippen molar-refractivity contribution in [3.63, 3.8) is 0 Å². The van der Waals surface area contributed by atoms with Crippen molar-refractivity contribution in [2.45, 2.75) is 41.2 Å². The van der Waals surface area contributed by atoms with Gasteiger partial charge in [0.25, 0.3) is 0 Å². The molecule has 18 heavy (non-hydrogen) atoms. The number of furan rings is 1. The zero-order chi connectivity index (χ0) is 13.3. The van der Waals surface area contributed by atoms with Crippen LogP contribution >= 0.6 is 0 Å². The van der Waals surface area contributed by atoms with Gasteiger partial charge in [0.05, 0.1) is 6.54 Å². The first-order chi connectivity index (χ1) is 8.50. The molecule has 1 aromatic heterocycles. The second kappa shape index (κ2) is 5.15. The Balaban J connectivity index is 2.30. The summed E-state index contributed by atoms with van der Waals surface area (Å²) >= 11 is 0. The Hall–Kier alpha value is -1.28. The highest BCUT2D eigenvalue weighted by Gasteiger charge is 2.12. The second-order valence-corrected chi connectivity index (χ2v) is 5.56. The van der Waals surface area contributed by atoms with Crippen molar-refractivity contribution >= 4 is 11.0 Å². The number of hydrogen-bond donors (Lipinski definition) is 1. The van der Waals surface area contributed by atoms with E-state index in [1.807, 2.05) is 0 Å². The molecule has 2 nitrogen and oxygen atoms in total. The first kappa shape index (κ1) is 13.2. The molecule has 0 bridgehead atoms. The maximum absolute atomic E-state index is 6.03. The Morgan fingerprint density at radius 2 is 1.83 bits per heavy atom. The number of fused-ring (bicyclic) bond motifs is 1. The minimum absolute atomic E-state index is 0.665. The molecule has 0 atom stereocenters. The molecule has 1 N–H and O–H groups in total. The van der Waals surface area contributed by atoms with Crippen LogP contribution in [0.4, 0.5) is 0 Å². The third kappa shape index (κ3) is 2.44. The molecule has 2 rings (SSSR count). The molecule has 0 saturated heterocycles. The van der Waals surface area contributed by atoms with Crippen molar-refractivity contribution < 1.29 is 4.42 Å². The minimum Gasteiger partial charge on any atom is -0.459 e. The van der Waals surface area contributed by atoms with Crippen LogP contribution in [-0.2, 0) is 6.54 Å². The highest BCUT2D eigenvalue weighted by Crippen LogP contribution is 2.29. The lowest BCUT2D eigenvalue weighted by atomic mass is 10.0. The fraction of sp³-hybridized carbons (Fsp3) is 0.500. The Morgan fingerprint density at radius 3 is 2.50 bits per heavy atom. The van der Waals surface area contributed by atoms with Gasteiger partial charge in [-0.15, -0.1) is 0 Å². The first-order valence-corrected chi connectivity index (χ1v) is 6.69. The van der Waals surface area contributed by atoms with Gasteiger partial charge in [-0.1, -0.05) is 26.0 Å². The van der Waals surface area contributed by atoms with Crippen LogP contribution in [0.5, 0.6) is 0 Å². The molecule has 1 heterocycles. The summed E-state index contributed by atoms with van der Waals surface area (Å²) in [4.78, 5) is 0. The molecule has 98 valence electrons. The fourth-order valence-electron chi connectivity index (χ4n) is 2.21. The van der Waals surface area contributed by atoms with Crippen LogP contribution in [0, 0.1) is 26.7 Å². The molecule has 2 heteroatoms. The largest absolute Gasteiger partial charge is 0.459 e. The SMILES string of the molecule is Cc1ccc2c(C)c(CNCC(C)C)oc2c1C. The Kier molecular flexibility index (Phi) is 3.76. The molecule has 0 aliphatic carbocycles. The summed E-state index contributed by atoms with van der Waals surface area (Å²) in [5.41, 5.74) is 4.86. The molecule has 0 aliphatic heterocycles. The van der Waals surface area contributed by atoms with Gasteiger partial charge in [-0.25, -0.2) is 0 Å². The molecule has 0 spiro atoms. The van der Waals surface area contributed by atoms with E-state index in [2.05, 4.69) is 52.1 Å². The van der Waals surface area contributed by atoms with Gasteiger partial charge in [0.15, 0.2) is 0 Å². The standard InChI is InChI=1S/C16H23NO/c1-10(2)8-17-9-15-13(5)14-7-6-11(3)12(4)16(14)18-15/h6-7,10,17H,8-9H2,1-5H3. The number of nitrogens with one attached hydrogen (secondary N) is 1. The van der Waals surface area contributed by atoms with Crippen LogP contribution in [0.3, 0.4) is 0 Å². The van der Waals surface area contributed by atoms with Crippen molar-refractivity contribution in [3.8, 4) is 0 Å². The number of aryl methyl sites for hydroxylation is 3. The summed E-state index contributed by atoms with van der Waals surface area (Å²) in [7, 11) is 0. The first-order valence-electron chi connectivity index (χ1n) is 6.69. The van der Waals surface area contributed by atoms with Gasteiger partial charge in [0.1, 0.15) is 11.3 Å². The summed E-state index contributed by atoms with van der Waals surface area (Å²) in [5, 5.41) is 4.69. The van der Waals surface area contributed by atoms with Crippen molar-refractivity contribution in [1.29, 1.82) is 0 Å². The molecule has 0 fully saturated rings. The highest BCUT2D eigenvalue weighted by molar-refractivity contribution is 5.85. The Labute approximate surface area is 109 Å². The van der Waals surface area contributed by atoms with Crippen molar-refractivity contribution in [1.82, 2.24) is 5.32 Å². The zero-order valence-electron chi connectivity index (χ0n) is 12.1. The van der Waals surface area contributed by atoms with Crippen LogP contribution in [0.15, 0.2) is 16.5 Å². The molecule has 0 aliphatic rings. The third-order valence-electron chi connectivity index (χ3n) is 3.56. The summed E-state index contributed by atoms with van der Waals surface area (Å²) in [5.74, 6) is 1.73. The quantitative estimate of drug-likeness (QED) is 0.877. The lowest BCUT2D eigenvalue weighted by molar-refractivity contribution is 0.482. The predicted octanol–water partition coefficient (Wildman–Crippen LogP) is 4.10. The highest BCUT2D eigenvalue weighted by atomic mass is 16.3. The van der Waals surface area contributed by atoms with E-state index in [0.717, 1.165) is 24.4 Å². The van der Waals surface area contributed by atoms with Crippen LogP contribution in [-0.4, -0.2) is 6.54 Å². The lowest BCUT2D eigenvalue weighted by Gasteiger charge is -2.05. The molecular formula is C16H23NO. The molecular weight excluding hydrogens is 222 g/mol. The third-order valence-corrected chi connectivity index (χ3v) is 3.56. The minimum atomic E-state index is 0.665. The zero-order valence-corrected chi connectivity index (χ0v) is 12.1. The van der Waals surface area contributed by atoms with E-state index in [9.17, 15) is 0 Å². The Morgan fingerprint density at radius 1 is 1.11 bits per heavy atom. The molecule has 0 amide bonds. The molecule has 0 radical (unpaired) electrons. The van der Waals surface area contributed by atoms with Crippen LogP contribution in [0.25, 0.3) is 11.0 Å². The Bertz CT molecular complexity index is 552. The average molecular weight is 245 g/mol. The van der Waals surface area contributed by atoms with Crippen molar-refractivity contribution in [2.24, 2.45) is 5.92 Å². The van der Waals surface area contributed by atoms with E-state index < -0.39 is 0 Å². The average Bonchev–Trinajstić information content (AvgIpc) is 2.62. The molecule has 0 saturated carbocycles. The summed E-state index contributed by atoms with van der Waals surface area (Å²) in [6, 6.07) is 4.34. The summed E-state index contributed by atoms with van der Waals surface area (Å²) < 4.78 is 6.03. The topological polar surface area (TPSA) is 25.2 Å². The van der Waals surface area contributed by atoms with E-state index in [0.29, 0.717) is 5.92 Å². The maximum Gasteiger partial charge on any atom is 0.137 e. The number of hydrogen-bond acceptors (Lipinski definition) is 2. The van der Waals surface area contributed by atoms with Crippen LogP contribution < -0.4 is 5.32 Å². The van der Waals surface area contributed by atoms with E-state index in [-0.39, 0.29) is 0 Å². The van der Waals surface area contributed by atoms with Gasteiger partial charge in [-0.05, 0) is 49.9 Å². The predicted molar refractivity (Wildman–Crippen MR) is 77.0 cm³/mol. The fourth-order valence-corrected chi connectivity index (χ4v) is 2.21. The summed E-state index contributed by atoms with van der Waals surface area (Å²) in [6.45, 7) is 12.7. The smallest absolute Gasteiger partial charge is 0.137 e. The molecule has 2 aromatic rings. The van der Waals surface area contributed by atoms with E-state index in [1.165, 1.54) is 22.1 Å². The number of benzene rings is 1. The van der Waals surface area contributed by atoms with Gasteiger partial charge in [-0.3, -0.25) is 0 Å².